The Hall–Kier alpha value is -1.40. The molecule has 6 heteroatoms. The lowest BCUT2D eigenvalue weighted by Crippen LogP contribution is -2.14. The highest BCUT2D eigenvalue weighted by molar-refractivity contribution is 9.10. The van der Waals surface area contributed by atoms with Crippen LogP contribution >= 0.6 is 27.7 Å². The Bertz CT molecular complexity index is 636. The molecule has 2 nitrogen and oxygen atoms in total. The highest BCUT2D eigenvalue weighted by atomic mass is 79.9. The molecule has 0 aliphatic heterocycles. The van der Waals surface area contributed by atoms with Crippen LogP contribution in [0.2, 0.25) is 0 Å². The molecule has 2 rings (SSSR count). The first-order valence-electron chi connectivity index (χ1n) is 5.68. The number of benzene rings is 2. The minimum atomic E-state index is -0.662. The van der Waals surface area contributed by atoms with Gasteiger partial charge in [-0.05, 0) is 30.3 Å². The molecule has 20 heavy (non-hydrogen) atoms. The Labute approximate surface area is 127 Å². The topological polar surface area (TPSA) is 29.1 Å². The van der Waals surface area contributed by atoms with Gasteiger partial charge in [0.15, 0.2) is 0 Å². The molecule has 1 N–H and O–H groups in total. The first-order chi connectivity index (χ1) is 9.54. The molecule has 0 aliphatic carbocycles. The normalized spacial score (nSPS) is 10.3. The molecular formula is C14H10BrF2NOS. The van der Waals surface area contributed by atoms with E-state index in [9.17, 15) is 13.6 Å². The zero-order chi connectivity index (χ0) is 14.5. The number of thioether (sulfide) groups is 1. The SMILES string of the molecule is O=C(CSc1ccc(F)cc1F)Nc1cccc(Br)c1. The van der Waals surface area contributed by atoms with Gasteiger partial charge >= 0.3 is 0 Å². The molecule has 0 bridgehead atoms. The monoisotopic (exact) mass is 357 g/mol. The lowest BCUT2D eigenvalue weighted by molar-refractivity contribution is -0.113. The summed E-state index contributed by atoms with van der Waals surface area (Å²) in [4.78, 5) is 12.0. The van der Waals surface area contributed by atoms with Crippen LogP contribution in [0.3, 0.4) is 0 Å². The smallest absolute Gasteiger partial charge is 0.234 e. The molecule has 104 valence electrons. The molecule has 2 aromatic rings. The fourth-order valence-electron chi connectivity index (χ4n) is 1.50. The third-order valence-corrected chi connectivity index (χ3v) is 3.90. The molecule has 0 aromatic heterocycles. The minimum absolute atomic E-state index is 0.0507. The number of nitrogens with one attached hydrogen (secondary N) is 1. The number of carbonyl (C=O) groups excluding carboxylic acids is 1. The van der Waals surface area contributed by atoms with Crippen molar-refractivity contribution in [2.45, 2.75) is 4.90 Å². The van der Waals surface area contributed by atoms with Crippen LogP contribution < -0.4 is 5.32 Å². The van der Waals surface area contributed by atoms with Crippen molar-refractivity contribution in [2.75, 3.05) is 11.1 Å². The van der Waals surface area contributed by atoms with E-state index >= 15 is 0 Å². The van der Waals surface area contributed by atoms with Gasteiger partial charge in [0.2, 0.25) is 5.91 Å². The molecule has 0 heterocycles. The van der Waals surface area contributed by atoms with Crippen molar-refractivity contribution in [1.82, 2.24) is 0 Å². The predicted octanol–water partition coefficient (Wildman–Crippen LogP) is 4.46. The molecule has 0 radical (unpaired) electrons. The summed E-state index contributed by atoms with van der Waals surface area (Å²) in [5.74, 6) is -1.50. The number of hydrogen-bond acceptors (Lipinski definition) is 2. The van der Waals surface area contributed by atoms with E-state index in [1.807, 2.05) is 6.07 Å². The number of amides is 1. The van der Waals surface area contributed by atoms with E-state index in [1.54, 1.807) is 18.2 Å². The molecule has 0 unspecified atom stereocenters. The van der Waals surface area contributed by atoms with Crippen molar-refractivity contribution in [1.29, 1.82) is 0 Å². The quantitative estimate of drug-likeness (QED) is 0.818. The molecule has 2 aromatic carbocycles. The fourth-order valence-corrected chi connectivity index (χ4v) is 2.62. The Morgan fingerprint density at radius 2 is 2.00 bits per heavy atom. The van der Waals surface area contributed by atoms with Gasteiger partial charge in [0.25, 0.3) is 0 Å². The van der Waals surface area contributed by atoms with E-state index < -0.39 is 11.6 Å². The standard InChI is InChI=1S/C14H10BrF2NOS/c15-9-2-1-3-11(6-9)18-14(19)8-20-13-5-4-10(16)7-12(13)17/h1-7H,8H2,(H,18,19). The third kappa shape index (κ3) is 4.31. The van der Waals surface area contributed by atoms with Gasteiger partial charge < -0.3 is 5.32 Å². The van der Waals surface area contributed by atoms with E-state index in [2.05, 4.69) is 21.2 Å². The van der Waals surface area contributed by atoms with Gasteiger partial charge in [0, 0.05) is 21.1 Å². The summed E-state index contributed by atoms with van der Waals surface area (Å²) in [6.07, 6.45) is 0. The summed E-state index contributed by atoms with van der Waals surface area (Å²) in [6, 6.07) is 10.4. The fraction of sp³-hybridized carbons (Fsp3) is 0.0714. The molecule has 0 fully saturated rings. The Kier molecular flexibility index (Phi) is 5.14. The zero-order valence-corrected chi connectivity index (χ0v) is 12.6. The van der Waals surface area contributed by atoms with Crippen molar-refractivity contribution >= 4 is 39.3 Å². The van der Waals surface area contributed by atoms with E-state index in [1.165, 1.54) is 6.07 Å². The highest BCUT2D eigenvalue weighted by Crippen LogP contribution is 2.23. The van der Waals surface area contributed by atoms with Gasteiger partial charge in [-0.15, -0.1) is 11.8 Å². The van der Waals surface area contributed by atoms with Gasteiger partial charge in [0.05, 0.1) is 5.75 Å². The van der Waals surface area contributed by atoms with Crippen molar-refractivity contribution in [3.63, 3.8) is 0 Å². The van der Waals surface area contributed by atoms with Crippen molar-refractivity contribution < 1.29 is 13.6 Å². The van der Waals surface area contributed by atoms with E-state index in [0.717, 1.165) is 28.4 Å². The first kappa shape index (κ1) is 15.0. The highest BCUT2D eigenvalue weighted by Gasteiger charge is 2.08. The molecule has 0 saturated heterocycles. The molecule has 1 amide bonds. The maximum atomic E-state index is 13.4. The molecule has 0 aliphatic rings. The van der Waals surface area contributed by atoms with Crippen LogP contribution in [0.4, 0.5) is 14.5 Å². The summed E-state index contributed by atoms with van der Waals surface area (Å²) < 4.78 is 27.0. The van der Waals surface area contributed by atoms with E-state index in [-0.39, 0.29) is 16.6 Å². The third-order valence-electron chi connectivity index (χ3n) is 2.36. The number of carbonyl (C=O) groups is 1. The summed E-state index contributed by atoms with van der Waals surface area (Å²) >= 11 is 4.32. The first-order valence-corrected chi connectivity index (χ1v) is 7.46. The van der Waals surface area contributed by atoms with Crippen molar-refractivity contribution in [3.8, 4) is 0 Å². The van der Waals surface area contributed by atoms with Gasteiger partial charge in [-0.25, -0.2) is 8.78 Å². The second-order valence-electron chi connectivity index (χ2n) is 3.92. The van der Waals surface area contributed by atoms with Crippen molar-refractivity contribution in [3.05, 3.63) is 58.6 Å². The average molecular weight is 358 g/mol. The average Bonchev–Trinajstić information content (AvgIpc) is 2.37. The Morgan fingerprint density at radius 3 is 2.70 bits per heavy atom. The molecule has 0 spiro atoms. The predicted molar refractivity (Wildman–Crippen MR) is 79.9 cm³/mol. The second kappa shape index (κ2) is 6.85. The van der Waals surface area contributed by atoms with E-state index in [4.69, 9.17) is 0 Å². The van der Waals surface area contributed by atoms with Gasteiger partial charge in [-0.1, -0.05) is 22.0 Å². The number of hydrogen-bond donors (Lipinski definition) is 1. The second-order valence-corrected chi connectivity index (χ2v) is 5.85. The summed E-state index contributed by atoms with van der Waals surface area (Å²) in [7, 11) is 0. The zero-order valence-electron chi connectivity index (χ0n) is 10.2. The molecule has 0 atom stereocenters. The van der Waals surface area contributed by atoms with Crippen LogP contribution in [-0.4, -0.2) is 11.7 Å². The van der Waals surface area contributed by atoms with Gasteiger partial charge in [0.1, 0.15) is 11.6 Å². The number of rotatable bonds is 4. The van der Waals surface area contributed by atoms with Gasteiger partial charge in [-0.3, -0.25) is 4.79 Å². The Morgan fingerprint density at radius 1 is 1.20 bits per heavy atom. The van der Waals surface area contributed by atoms with Crippen LogP contribution in [0, 0.1) is 11.6 Å². The molecule has 0 saturated carbocycles. The number of anilines is 1. The van der Waals surface area contributed by atoms with Crippen LogP contribution in [0.15, 0.2) is 51.8 Å². The van der Waals surface area contributed by atoms with Crippen LogP contribution in [-0.2, 0) is 4.79 Å². The Balaban J connectivity index is 1.92. The minimum Gasteiger partial charge on any atom is -0.325 e. The lowest BCUT2D eigenvalue weighted by atomic mass is 10.3. The van der Waals surface area contributed by atoms with Crippen LogP contribution in [0.5, 0.6) is 0 Å². The summed E-state index contributed by atoms with van der Waals surface area (Å²) in [5, 5.41) is 2.70. The lowest BCUT2D eigenvalue weighted by Gasteiger charge is -2.06. The summed E-state index contributed by atoms with van der Waals surface area (Å²) in [6.45, 7) is 0. The largest absolute Gasteiger partial charge is 0.325 e. The number of halogens is 3. The van der Waals surface area contributed by atoms with E-state index in [0.29, 0.717) is 5.69 Å². The van der Waals surface area contributed by atoms with Crippen LogP contribution in [0.25, 0.3) is 0 Å². The van der Waals surface area contributed by atoms with Crippen LogP contribution in [0.1, 0.15) is 0 Å². The summed E-state index contributed by atoms with van der Waals surface area (Å²) in [5.41, 5.74) is 0.657. The van der Waals surface area contributed by atoms with Crippen molar-refractivity contribution in [2.24, 2.45) is 0 Å². The van der Waals surface area contributed by atoms with Gasteiger partial charge in [-0.2, -0.15) is 0 Å². The maximum Gasteiger partial charge on any atom is 0.234 e. The maximum absolute atomic E-state index is 13.4. The molecular weight excluding hydrogens is 348 g/mol.